The van der Waals surface area contributed by atoms with Gasteiger partial charge in [-0.3, -0.25) is 0 Å². The molecule has 0 bridgehead atoms. The zero-order valence-electron chi connectivity index (χ0n) is 8.26. The van der Waals surface area contributed by atoms with Crippen molar-refractivity contribution in [1.29, 1.82) is 0 Å². The van der Waals surface area contributed by atoms with Crippen LogP contribution in [-0.4, -0.2) is 5.25 Å². The van der Waals surface area contributed by atoms with Gasteiger partial charge in [0, 0.05) is 0 Å². The monoisotopic (exact) mass is 191 g/mol. The Bertz CT molecular complexity index is 294. The second-order valence-corrected chi connectivity index (χ2v) is 4.98. The highest BCUT2D eigenvalue weighted by Crippen LogP contribution is 2.42. The largest absolute Gasteiger partial charge is 0.118 e. The Hall–Kier alpha value is -0.430. The van der Waals surface area contributed by atoms with Crippen molar-refractivity contribution in [2.24, 2.45) is 0 Å². The Labute approximate surface area is 84.8 Å². The molecule has 0 fully saturated rings. The predicted octanol–water partition coefficient (Wildman–Crippen LogP) is 3.87. The minimum atomic E-state index is 0.604. The molecule has 13 heavy (non-hydrogen) atoms. The summed E-state index contributed by atoms with van der Waals surface area (Å²) in [6, 6.07) is 0. The molecule has 2 aliphatic rings. The normalized spacial score (nSPS) is 25.4. The lowest BCUT2D eigenvalue weighted by molar-refractivity contribution is 0.796. The molecule has 1 aliphatic heterocycles. The van der Waals surface area contributed by atoms with Crippen molar-refractivity contribution in [1.82, 2.24) is 0 Å². The summed E-state index contributed by atoms with van der Waals surface area (Å²) in [5.41, 5.74) is 2.98. The molecular formula is C12H15S. The van der Waals surface area contributed by atoms with Gasteiger partial charge in [-0.2, -0.15) is 0 Å². The molecule has 1 heteroatoms. The molecule has 0 saturated heterocycles. The smallest absolute Gasteiger partial charge is 0.0533 e. The second-order valence-electron chi connectivity index (χ2n) is 3.62. The third-order valence-corrected chi connectivity index (χ3v) is 3.62. The van der Waals surface area contributed by atoms with Crippen molar-refractivity contribution in [3.8, 4) is 0 Å². The van der Waals surface area contributed by atoms with Crippen LogP contribution in [0.15, 0.2) is 28.2 Å². The highest BCUT2D eigenvalue weighted by molar-refractivity contribution is 8.04. The van der Waals surface area contributed by atoms with Crippen LogP contribution in [0.1, 0.15) is 33.1 Å². The summed E-state index contributed by atoms with van der Waals surface area (Å²) in [4.78, 5) is 1.35. The fourth-order valence-corrected chi connectivity index (χ4v) is 2.85. The molecule has 0 nitrogen and oxygen atoms in total. The van der Waals surface area contributed by atoms with Gasteiger partial charge in [0.15, 0.2) is 0 Å². The van der Waals surface area contributed by atoms with Crippen LogP contribution < -0.4 is 0 Å². The van der Waals surface area contributed by atoms with E-state index in [9.17, 15) is 0 Å². The quantitative estimate of drug-likeness (QED) is 0.652. The van der Waals surface area contributed by atoms with E-state index in [1.54, 1.807) is 0 Å². The first-order chi connectivity index (χ1) is 6.31. The molecule has 1 heterocycles. The molecule has 1 radical (unpaired) electrons. The molecule has 0 saturated carbocycles. The van der Waals surface area contributed by atoms with Gasteiger partial charge in [-0.15, -0.1) is 11.8 Å². The van der Waals surface area contributed by atoms with Crippen LogP contribution >= 0.6 is 11.8 Å². The summed E-state index contributed by atoms with van der Waals surface area (Å²) >= 11 is 1.93. The molecule has 2 rings (SSSR count). The van der Waals surface area contributed by atoms with E-state index in [0.29, 0.717) is 5.25 Å². The third-order valence-electron chi connectivity index (χ3n) is 2.52. The van der Waals surface area contributed by atoms with Crippen LogP contribution in [0.3, 0.4) is 0 Å². The van der Waals surface area contributed by atoms with E-state index in [2.05, 4.69) is 32.1 Å². The predicted molar refractivity (Wildman–Crippen MR) is 59.5 cm³/mol. The van der Waals surface area contributed by atoms with Gasteiger partial charge in [0.05, 0.1) is 5.25 Å². The summed E-state index contributed by atoms with van der Waals surface area (Å²) in [6.45, 7) is 4.40. The fourth-order valence-electron chi connectivity index (χ4n) is 1.82. The molecule has 0 N–H and O–H groups in total. The number of allylic oxidation sites excluding steroid dienone is 4. The lowest BCUT2D eigenvalue weighted by Gasteiger charge is -2.02. The highest BCUT2D eigenvalue weighted by atomic mass is 32.2. The second kappa shape index (κ2) is 3.75. The zero-order valence-corrected chi connectivity index (χ0v) is 9.08. The Morgan fingerprint density at radius 1 is 1.54 bits per heavy atom. The Kier molecular flexibility index (Phi) is 2.63. The van der Waals surface area contributed by atoms with Crippen LogP contribution in [0.4, 0.5) is 0 Å². The minimum Gasteiger partial charge on any atom is -0.118 e. The van der Waals surface area contributed by atoms with E-state index in [1.165, 1.54) is 35.3 Å². The summed E-state index contributed by atoms with van der Waals surface area (Å²) in [7, 11) is 0. The summed E-state index contributed by atoms with van der Waals surface area (Å²) in [6.07, 6.45) is 11.9. The molecular weight excluding hydrogens is 176 g/mol. The third kappa shape index (κ3) is 1.76. The van der Waals surface area contributed by atoms with Gasteiger partial charge in [-0.25, -0.2) is 0 Å². The van der Waals surface area contributed by atoms with Crippen LogP contribution in [0.2, 0.25) is 0 Å². The molecule has 1 aliphatic carbocycles. The Morgan fingerprint density at radius 3 is 3.15 bits per heavy atom. The standard InChI is InChI=1S/C12H15S/c1-3-4-5-10-6-7-12-11(10)8-9(2)13-12/h6-7,12H,3-5H2,1-2H3. The van der Waals surface area contributed by atoms with E-state index in [4.69, 9.17) is 0 Å². The molecule has 0 aromatic heterocycles. The van der Waals surface area contributed by atoms with Crippen molar-refractivity contribution in [3.63, 3.8) is 0 Å². The lowest BCUT2D eigenvalue weighted by atomic mass is 10.0. The van der Waals surface area contributed by atoms with Crippen LogP contribution in [0.5, 0.6) is 0 Å². The first kappa shape index (κ1) is 9.14. The van der Waals surface area contributed by atoms with Crippen LogP contribution in [0, 0.1) is 6.08 Å². The minimum absolute atomic E-state index is 0.604. The molecule has 69 valence electrons. The van der Waals surface area contributed by atoms with E-state index in [-0.39, 0.29) is 0 Å². The molecule has 0 aromatic rings. The molecule has 0 aromatic carbocycles. The topological polar surface area (TPSA) is 0 Å². The number of thioether (sulfide) groups is 1. The van der Waals surface area contributed by atoms with E-state index >= 15 is 0 Å². The van der Waals surface area contributed by atoms with E-state index in [1.807, 2.05) is 11.8 Å². The van der Waals surface area contributed by atoms with Gasteiger partial charge < -0.3 is 0 Å². The number of hydrogen-bond acceptors (Lipinski definition) is 1. The maximum Gasteiger partial charge on any atom is 0.0533 e. The number of rotatable bonds is 3. The van der Waals surface area contributed by atoms with Crippen LogP contribution in [-0.2, 0) is 0 Å². The average Bonchev–Trinajstić information content (AvgIpc) is 2.61. The first-order valence-electron chi connectivity index (χ1n) is 4.99. The summed E-state index contributed by atoms with van der Waals surface area (Å²) in [5.74, 6) is 0. The highest BCUT2D eigenvalue weighted by Gasteiger charge is 2.24. The van der Waals surface area contributed by atoms with Crippen molar-refractivity contribution < 1.29 is 0 Å². The average molecular weight is 191 g/mol. The number of unbranched alkanes of at least 4 members (excludes halogenated alkanes) is 1. The van der Waals surface area contributed by atoms with Crippen molar-refractivity contribution in [3.05, 3.63) is 34.3 Å². The van der Waals surface area contributed by atoms with Crippen molar-refractivity contribution in [2.45, 2.75) is 38.4 Å². The first-order valence-corrected chi connectivity index (χ1v) is 5.87. The van der Waals surface area contributed by atoms with Gasteiger partial charge >= 0.3 is 0 Å². The van der Waals surface area contributed by atoms with Gasteiger partial charge in [0.1, 0.15) is 0 Å². The SMILES string of the molecule is CCCCC1=C2[C]=C(C)SC2C=C1. The van der Waals surface area contributed by atoms with Gasteiger partial charge in [-0.1, -0.05) is 25.5 Å². The van der Waals surface area contributed by atoms with Crippen LogP contribution in [0.25, 0.3) is 0 Å². The molecule has 1 atom stereocenters. The zero-order chi connectivity index (χ0) is 9.26. The van der Waals surface area contributed by atoms with Gasteiger partial charge in [-0.05, 0) is 41.9 Å². The maximum absolute atomic E-state index is 3.47. The lowest BCUT2D eigenvalue weighted by Crippen LogP contribution is -1.92. The number of hydrogen-bond donors (Lipinski definition) is 0. The molecule has 0 spiro atoms. The van der Waals surface area contributed by atoms with E-state index in [0.717, 1.165) is 0 Å². The molecule has 0 amide bonds. The number of fused-ring (bicyclic) bond motifs is 1. The molecule has 1 unspecified atom stereocenters. The van der Waals surface area contributed by atoms with Crippen molar-refractivity contribution in [2.75, 3.05) is 0 Å². The Morgan fingerprint density at radius 2 is 2.38 bits per heavy atom. The maximum atomic E-state index is 3.47. The van der Waals surface area contributed by atoms with Gasteiger partial charge in [0.25, 0.3) is 0 Å². The van der Waals surface area contributed by atoms with Gasteiger partial charge in [0.2, 0.25) is 0 Å². The van der Waals surface area contributed by atoms with E-state index < -0.39 is 0 Å². The Balaban J connectivity index is 2.13. The fraction of sp³-hybridized carbons (Fsp3) is 0.500. The summed E-state index contributed by atoms with van der Waals surface area (Å²) in [5, 5.41) is 0.604. The summed E-state index contributed by atoms with van der Waals surface area (Å²) < 4.78 is 0. The van der Waals surface area contributed by atoms with Crippen molar-refractivity contribution >= 4 is 11.8 Å².